The second-order valence-corrected chi connectivity index (χ2v) is 7.62. The van der Waals surface area contributed by atoms with Gasteiger partial charge in [-0.3, -0.25) is 9.59 Å². The second-order valence-electron chi connectivity index (χ2n) is 7.62. The van der Waals surface area contributed by atoms with Crippen molar-refractivity contribution < 1.29 is 41.1 Å². The van der Waals surface area contributed by atoms with Crippen LogP contribution in [-0.4, -0.2) is 28.7 Å². The smallest absolute Gasteiger partial charge is 0.416 e. The number of amides is 1. The molecule has 0 saturated carbocycles. The van der Waals surface area contributed by atoms with Gasteiger partial charge in [-0.05, 0) is 55.0 Å². The number of halogens is 4. The number of ether oxygens (including phenoxy) is 1. The molecular formula is C25H18F4N2O5. The van der Waals surface area contributed by atoms with Crippen LogP contribution in [0.4, 0.5) is 17.6 Å². The van der Waals surface area contributed by atoms with E-state index in [0.29, 0.717) is 6.07 Å². The molecule has 0 atom stereocenters. The van der Waals surface area contributed by atoms with E-state index in [9.17, 15) is 31.9 Å². The predicted octanol–water partition coefficient (Wildman–Crippen LogP) is 5.03. The molecule has 1 aromatic carbocycles. The van der Waals surface area contributed by atoms with E-state index in [-0.39, 0.29) is 40.3 Å². The van der Waals surface area contributed by atoms with Crippen LogP contribution in [0.1, 0.15) is 55.0 Å². The topological polar surface area (TPSA) is 90.0 Å². The third-order valence-electron chi connectivity index (χ3n) is 5.32. The van der Waals surface area contributed by atoms with Gasteiger partial charge in [0, 0.05) is 18.3 Å². The molecule has 11 heteroatoms. The van der Waals surface area contributed by atoms with E-state index in [1.807, 2.05) is 0 Å². The normalized spacial score (nSPS) is 11.5. The van der Waals surface area contributed by atoms with Crippen molar-refractivity contribution in [2.75, 3.05) is 6.61 Å². The van der Waals surface area contributed by atoms with Crippen LogP contribution in [0, 0.1) is 5.82 Å². The van der Waals surface area contributed by atoms with E-state index in [2.05, 4.69) is 5.32 Å². The van der Waals surface area contributed by atoms with E-state index in [0.717, 1.165) is 12.1 Å². The number of nitrogens with zero attached hydrogens (tertiary/aromatic N) is 1. The summed E-state index contributed by atoms with van der Waals surface area (Å²) in [4.78, 5) is 38.1. The molecule has 36 heavy (non-hydrogen) atoms. The lowest BCUT2D eigenvalue weighted by Gasteiger charge is -2.14. The number of carbonyl (C=O) groups excluding carboxylic acids is 3. The highest BCUT2D eigenvalue weighted by Crippen LogP contribution is 2.32. The Morgan fingerprint density at radius 1 is 1.08 bits per heavy atom. The lowest BCUT2D eigenvalue weighted by atomic mass is 10.1. The van der Waals surface area contributed by atoms with Gasteiger partial charge >= 0.3 is 12.1 Å². The first kappa shape index (κ1) is 24.7. The summed E-state index contributed by atoms with van der Waals surface area (Å²) in [6.45, 7) is 1.15. The lowest BCUT2D eigenvalue weighted by Crippen LogP contribution is -2.24. The van der Waals surface area contributed by atoms with E-state index >= 15 is 0 Å². The third kappa shape index (κ3) is 4.85. The molecule has 186 valence electrons. The number of esters is 1. The van der Waals surface area contributed by atoms with Crippen molar-refractivity contribution in [3.63, 3.8) is 0 Å². The Kier molecular flexibility index (Phi) is 6.65. The van der Waals surface area contributed by atoms with Crippen molar-refractivity contribution >= 4 is 23.2 Å². The molecule has 0 spiro atoms. The summed E-state index contributed by atoms with van der Waals surface area (Å²) >= 11 is 0. The van der Waals surface area contributed by atoms with E-state index in [4.69, 9.17) is 9.15 Å². The van der Waals surface area contributed by atoms with Crippen LogP contribution in [0.5, 0.6) is 0 Å². The highest BCUT2D eigenvalue weighted by molar-refractivity contribution is 6.10. The van der Waals surface area contributed by atoms with Gasteiger partial charge in [-0.2, -0.15) is 13.2 Å². The molecule has 1 N–H and O–H groups in total. The predicted molar refractivity (Wildman–Crippen MR) is 118 cm³/mol. The summed E-state index contributed by atoms with van der Waals surface area (Å²) < 4.78 is 64.7. The number of benzene rings is 1. The SMILES string of the molecule is CCOC(=O)c1cc(C(=O)c2ccco2)n2ccc(C(=O)NCc3ccc(F)cc3C(F)(F)F)cc12. The molecule has 0 radical (unpaired) electrons. The first-order chi connectivity index (χ1) is 17.1. The van der Waals surface area contributed by atoms with Crippen LogP contribution in [0.15, 0.2) is 65.4 Å². The molecule has 0 fully saturated rings. The number of rotatable bonds is 7. The van der Waals surface area contributed by atoms with Gasteiger partial charge in [0.25, 0.3) is 5.91 Å². The third-order valence-corrected chi connectivity index (χ3v) is 5.32. The molecule has 0 aliphatic rings. The van der Waals surface area contributed by atoms with Crippen LogP contribution >= 0.6 is 0 Å². The molecule has 7 nitrogen and oxygen atoms in total. The van der Waals surface area contributed by atoms with Crippen molar-refractivity contribution in [1.82, 2.24) is 9.72 Å². The van der Waals surface area contributed by atoms with Crippen LogP contribution in [0.25, 0.3) is 5.52 Å². The summed E-state index contributed by atoms with van der Waals surface area (Å²) in [5.41, 5.74) is -1.24. The van der Waals surface area contributed by atoms with E-state index in [1.165, 1.54) is 47.2 Å². The van der Waals surface area contributed by atoms with E-state index < -0.39 is 41.8 Å². The number of pyridine rings is 1. The van der Waals surface area contributed by atoms with E-state index in [1.54, 1.807) is 6.92 Å². The van der Waals surface area contributed by atoms with Gasteiger partial charge in [0.15, 0.2) is 5.76 Å². The average molecular weight is 502 g/mol. The maximum absolute atomic E-state index is 13.3. The van der Waals surface area contributed by atoms with Gasteiger partial charge in [-0.25, -0.2) is 9.18 Å². The van der Waals surface area contributed by atoms with Crippen molar-refractivity contribution in [2.45, 2.75) is 19.6 Å². The van der Waals surface area contributed by atoms with Gasteiger partial charge in [-0.15, -0.1) is 0 Å². The number of nitrogens with one attached hydrogen (secondary N) is 1. The molecule has 0 unspecified atom stereocenters. The summed E-state index contributed by atoms with van der Waals surface area (Å²) in [6.07, 6.45) is -2.11. The minimum atomic E-state index is -4.81. The number of hydrogen-bond donors (Lipinski definition) is 1. The van der Waals surface area contributed by atoms with Crippen molar-refractivity contribution in [1.29, 1.82) is 0 Å². The van der Waals surface area contributed by atoms with Crippen molar-refractivity contribution in [3.8, 4) is 0 Å². The average Bonchev–Trinajstić information content (AvgIpc) is 3.50. The Morgan fingerprint density at radius 2 is 1.86 bits per heavy atom. The number of hydrogen-bond acceptors (Lipinski definition) is 5. The number of alkyl halides is 3. The van der Waals surface area contributed by atoms with Crippen LogP contribution in [-0.2, 0) is 17.5 Å². The first-order valence-corrected chi connectivity index (χ1v) is 10.6. The number of aromatic nitrogens is 1. The Balaban J connectivity index is 1.67. The molecule has 3 aromatic heterocycles. The fourth-order valence-corrected chi connectivity index (χ4v) is 3.66. The molecular weight excluding hydrogens is 484 g/mol. The Morgan fingerprint density at radius 3 is 2.53 bits per heavy atom. The summed E-state index contributed by atoms with van der Waals surface area (Å²) in [5, 5.41) is 2.37. The molecule has 0 aliphatic heterocycles. The van der Waals surface area contributed by atoms with Gasteiger partial charge < -0.3 is 18.9 Å². The fraction of sp³-hybridized carbons (Fsp3) is 0.160. The Hall–Kier alpha value is -4.41. The van der Waals surface area contributed by atoms with Crippen LogP contribution in [0.3, 0.4) is 0 Å². The molecule has 4 rings (SSSR count). The number of ketones is 1. The van der Waals surface area contributed by atoms with Gasteiger partial charge in [0.05, 0.1) is 35.2 Å². The molecule has 1 amide bonds. The molecule has 3 heterocycles. The second kappa shape index (κ2) is 9.68. The van der Waals surface area contributed by atoms with Crippen LogP contribution in [0.2, 0.25) is 0 Å². The number of furan rings is 1. The van der Waals surface area contributed by atoms with Crippen LogP contribution < -0.4 is 5.32 Å². The maximum Gasteiger partial charge on any atom is 0.416 e. The lowest BCUT2D eigenvalue weighted by molar-refractivity contribution is -0.138. The number of fused-ring (bicyclic) bond motifs is 1. The summed E-state index contributed by atoms with van der Waals surface area (Å²) in [5.74, 6) is -3.01. The standard InChI is InChI=1S/C25H18F4N2O5/c1-2-35-24(34)17-12-20(22(32)21-4-3-9-36-21)31-8-7-14(10-19(17)31)23(33)30-13-15-5-6-16(26)11-18(15)25(27,28)29/h3-12H,2,13H2,1H3,(H,30,33). The Labute approximate surface area is 201 Å². The quantitative estimate of drug-likeness (QED) is 0.218. The van der Waals surface area contributed by atoms with Gasteiger partial charge in [-0.1, -0.05) is 6.07 Å². The Bertz CT molecular complexity index is 1460. The largest absolute Gasteiger partial charge is 0.462 e. The zero-order chi connectivity index (χ0) is 26.0. The minimum Gasteiger partial charge on any atom is -0.462 e. The van der Waals surface area contributed by atoms with Crippen molar-refractivity contribution in [2.24, 2.45) is 0 Å². The minimum absolute atomic E-state index is 0.0128. The molecule has 0 bridgehead atoms. The first-order valence-electron chi connectivity index (χ1n) is 10.6. The summed E-state index contributed by atoms with van der Waals surface area (Å²) in [7, 11) is 0. The van der Waals surface area contributed by atoms with Gasteiger partial charge in [0.2, 0.25) is 5.78 Å². The fourth-order valence-electron chi connectivity index (χ4n) is 3.66. The highest BCUT2D eigenvalue weighted by Gasteiger charge is 2.33. The highest BCUT2D eigenvalue weighted by atomic mass is 19.4. The van der Waals surface area contributed by atoms with Gasteiger partial charge in [0.1, 0.15) is 5.82 Å². The van der Waals surface area contributed by atoms with Crippen molar-refractivity contribution in [3.05, 3.63) is 101 Å². The zero-order valence-corrected chi connectivity index (χ0v) is 18.7. The zero-order valence-electron chi connectivity index (χ0n) is 18.7. The number of carbonyl (C=O) groups is 3. The summed E-state index contributed by atoms with van der Waals surface area (Å²) in [6, 6.07) is 9.13. The monoisotopic (exact) mass is 502 g/mol. The maximum atomic E-state index is 13.3. The molecule has 0 aliphatic carbocycles. The molecule has 4 aromatic rings. The molecule has 0 saturated heterocycles.